The number of piperazine rings is 1. The smallest absolute Gasteiger partial charge is 0.330 e. The van der Waals surface area contributed by atoms with Crippen molar-refractivity contribution in [2.45, 2.75) is 13.0 Å². The number of H-pyrrole nitrogens is 1. The van der Waals surface area contributed by atoms with Crippen molar-refractivity contribution in [1.82, 2.24) is 24.4 Å². The van der Waals surface area contributed by atoms with Crippen molar-refractivity contribution in [2.75, 3.05) is 31.1 Å². The van der Waals surface area contributed by atoms with Crippen LogP contribution in [0.3, 0.4) is 0 Å². The first kappa shape index (κ1) is 20.5. The molecule has 0 aliphatic carbocycles. The number of hydrogen-bond donors (Lipinski definition) is 2. The summed E-state index contributed by atoms with van der Waals surface area (Å²) in [5, 5.41) is 3.83. The highest BCUT2D eigenvalue weighted by molar-refractivity contribution is 6.32. The summed E-state index contributed by atoms with van der Waals surface area (Å²) in [7, 11) is 0. The number of benzene rings is 2. The molecule has 32 heavy (non-hydrogen) atoms. The number of aromatic nitrogens is 4. The normalized spacial score (nSPS) is 14.2. The minimum atomic E-state index is -0.464. The van der Waals surface area contributed by atoms with E-state index in [0.717, 1.165) is 31.7 Å². The van der Waals surface area contributed by atoms with Gasteiger partial charge in [0.1, 0.15) is 0 Å². The lowest BCUT2D eigenvalue weighted by Crippen LogP contribution is -2.44. The largest absolute Gasteiger partial charge is 0.339 e. The van der Waals surface area contributed by atoms with E-state index in [1.54, 1.807) is 10.6 Å². The van der Waals surface area contributed by atoms with E-state index in [9.17, 15) is 9.59 Å². The molecule has 0 saturated carbocycles. The molecule has 0 unspecified atom stereocenters. The third-order valence-corrected chi connectivity index (χ3v) is 6.06. The monoisotopic (exact) mass is 450 g/mol. The van der Waals surface area contributed by atoms with Crippen LogP contribution in [0.15, 0.2) is 64.2 Å². The number of aromatic amines is 1. The van der Waals surface area contributed by atoms with Crippen molar-refractivity contribution in [3.63, 3.8) is 0 Å². The summed E-state index contributed by atoms with van der Waals surface area (Å²) >= 11 is 6.53. The fraction of sp³-hybridized carbons (Fsp3) is 0.261. The van der Waals surface area contributed by atoms with Crippen molar-refractivity contribution < 1.29 is 0 Å². The van der Waals surface area contributed by atoms with E-state index in [0.29, 0.717) is 28.6 Å². The predicted octanol–water partition coefficient (Wildman–Crippen LogP) is 2.18. The third-order valence-electron chi connectivity index (χ3n) is 5.74. The molecule has 8 nitrogen and oxygen atoms in total. The molecule has 0 spiro atoms. The highest BCUT2D eigenvalue weighted by atomic mass is 35.5. The molecule has 3 heterocycles. The van der Waals surface area contributed by atoms with Crippen molar-refractivity contribution in [1.29, 1.82) is 0 Å². The molecule has 1 fully saturated rings. The highest BCUT2D eigenvalue weighted by Crippen LogP contribution is 2.29. The summed E-state index contributed by atoms with van der Waals surface area (Å²) in [6.45, 7) is 3.36. The van der Waals surface area contributed by atoms with E-state index < -0.39 is 5.69 Å². The predicted molar refractivity (Wildman–Crippen MR) is 126 cm³/mol. The fourth-order valence-corrected chi connectivity index (χ4v) is 4.33. The van der Waals surface area contributed by atoms with Gasteiger partial charge in [0, 0.05) is 32.7 Å². The molecule has 164 valence electrons. The van der Waals surface area contributed by atoms with Crippen LogP contribution >= 0.6 is 11.6 Å². The quantitative estimate of drug-likeness (QED) is 0.486. The Morgan fingerprint density at radius 3 is 2.44 bits per heavy atom. The van der Waals surface area contributed by atoms with Crippen molar-refractivity contribution >= 4 is 28.7 Å². The Morgan fingerprint density at radius 1 is 0.969 bits per heavy atom. The van der Waals surface area contributed by atoms with Crippen molar-refractivity contribution in [3.8, 4) is 5.69 Å². The topological polar surface area (TPSA) is 88.0 Å². The van der Waals surface area contributed by atoms with Gasteiger partial charge in [0.15, 0.2) is 11.2 Å². The first-order chi connectivity index (χ1) is 15.6. The first-order valence-electron chi connectivity index (χ1n) is 10.6. The van der Waals surface area contributed by atoms with Crippen molar-refractivity contribution in [2.24, 2.45) is 0 Å². The lowest BCUT2D eigenvalue weighted by molar-refractivity contribution is 0.578. The highest BCUT2D eigenvalue weighted by Gasteiger charge is 2.24. The van der Waals surface area contributed by atoms with E-state index in [2.05, 4.69) is 20.2 Å². The second kappa shape index (κ2) is 8.64. The molecule has 0 amide bonds. The van der Waals surface area contributed by atoms with Gasteiger partial charge in [0.2, 0.25) is 5.95 Å². The molecule has 2 N–H and O–H groups in total. The van der Waals surface area contributed by atoms with Crippen LogP contribution in [0.25, 0.3) is 16.9 Å². The maximum atomic E-state index is 13.6. The number of nitrogens with zero attached hydrogens (tertiary/aromatic N) is 4. The molecule has 2 aromatic carbocycles. The summed E-state index contributed by atoms with van der Waals surface area (Å²) in [4.78, 5) is 36.0. The van der Waals surface area contributed by atoms with Gasteiger partial charge in [-0.3, -0.25) is 18.9 Å². The van der Waals surface area contributed by atoms with Gasteiger partial charge in [0.25, 0.3) is 5.56 Å². The number of fused-ring (bicyclic) bond motifs is 1. The van der Waals surface area contributed by atoms with Gasteiger partial charge in [-0.05, 0) is 24.1 Å². The van der Waals surface area contributed by atoms with Crippen LogP contribution < -0.4 is 21.5 Å². The standard InChI is InChI=1S/C23H23ClN6O2/c24-17-8-4-5-9-18(17)30-19-20(26-22(30)28-14-11-25-12-15-28)27-23(32)29(21(19)31)13-10-16-6-2-1-3-7-16/h1-9,25H,10-15H2,(H,27,32). The number of anilines is 1. The number of halogens is 1. The van der Waals surface area contributed by atoms with Gasteiger partial charge in [-0.2, -0.15) is 4.98 Å². The van der Waals surface area contributed by atoms with Crippen LogP contribution in [-0.2, 0) is 13.0 Å². The van der Waals surface area contributed by atoms with Gasteiger partial charge in [-0.1, -0.05) is 54.1 Å². The van der Waals surface area contributed by atoms with E-state index in [1.807, 2.05) is 48.5 Å². The van der Waals surface area contributed by atoms with E-state index in [-0.39, 0.29) is 17.8 Å². The maximum Gasteiger partial charge on any atom is 0.330 e. The van der Waals surface area contributed by atoms with Crippen LogP contribution in [-0.4, -0.2) is 45.3 Å². The molecule has 4 aromatic rings. The second-order valence-electron chi connectivity index (χ2n) is 7.76. The number of rotatable bonds is 5. The summed E-state index contributed by atoms with van der Waals surface area (Å²) in [5.41, 5.74) is 1.45. The Kier molecular flexibility index (Phi) is 5.55. The third kappa shape index (κ3) is 3.72. The van der Waals surface area contributed by atoms with Crippen LogP contribution in [0.4, 0.5) is 5.95 Å². The lowest BCUT2D eigenvalue weighted by atomic mass is 10.1. The molecule has 0 atom stereocenters. The van der Waals surface area contributed by atoms with Crippen molar-refractivity contribution in [3.05, 3.63) is 86.0 Å². The fourth-order valence-electron chi connectivity index (χ4n) is 4.11. The Hall–Kier alpha value is -3.36. The lowest BCUT2D eigenvalue weighted by Gasteiger charge is -2.28. The van der Waals surface area contributed by atoms with E-state index in [4.69, 9.17) is 11.6 Å². The molecule has 0 radical (unpaired) electrons. The molecular weight excluding hydrogens is 428 g/mol. The minimum absolute atomic E-state index is 0.268. The molecule has 2 aromatic heterocycles. The minimum Gasteiger partial charge on any atom is -0.339 e. The molecule has 0 bridgehead atoms. The number of hydrogen-bond acceptors (Lipinski definition) is 5. The van der Waals surface area contributed by atoms with E-state index in [1.165, 1.54) is 4.57 Å². The number of imidazole rings is 1. The van der Waals surface area contributed by atoms with Gasteiger partial charge in [-0.25, -0.2) is 4.79 Å². The number of nitrogens with one attached hydrogen (secondary N) is 2. The zero-order chi connectivity index (χ0) is 22.1. The average Bonchev–Trinajstić information content (AvgIpc) is 3.20. The second-order valence-corrected chi connectivity index (χ2v) is 8.16. The number of aryl methyl sites for hydroxylation is 1. The SMILES string of the molecule is O=c1[nH]c2nc(N3CCNCC3)n(-c3ccccc3Cl)c2c(=O)n1CCc1ccccc1. The number of para-hydroxylation sites is 1. The van der Waals surface area contributed by atoms with Crippen LogP contribution in [0.5, 0.6) is 0 Å². The molecule has 1 aliphatic rings. The Bertz CT molecular complexity index is 1370. The molecule has 1 aliphatic heterocycles. The van der Waals surface area contributed by atoms with Gasteiger partial charge >= 0.3 is 5.69 Å². The van der Waals surface area contributed by atoms with Crippen LogP contribution in [0.1, 0.15) is 5.56 Å². The summed E-state index contributed by atoms with van der Waals surface area (Å²) in [5.74, 6) is 0.600. The van der Waals surface area contributed by atoms with Gasteiger partial charge < -0.3 is 10.2 Å². The zero-order valence-corrected chi connectivity index (χ0v) is 18.2. The molecule has 1 saturated heterocycles. The summed E-state index contributed by atoms with van der Waals surface area (Å²) < 4.78 is 3.02. The Balaban J connectivity index is 1.69. The first-order valence-corrected chi connectivity index (χ1v) is 11.0. The zero-order valence-electron chi connectivity index (χ0n) is 17.4. The summed E-state index contributed by atoms with van der Waals surface area (Å²) in [6.07, 6.45) is 0.570. The molecule has 5 rings (SSSR count). The van der Waals surface area contributed by atoms with Gasteiger partial charge in [0.05, 0.1) is 10.7 Å². The van der Waals surface area contributed by atoms with Crippen LogP contribution in [0.2, 0.25) is 5.02 Å². The average molecular weight is 451 g/mol. The molecule has 9 heteroatoms. The van der Waals surface area contributed by atoms with Crippen LogP contribution in [0, 0.1) is 0 Å². The summed E-state index contributed by atoms with van der Waals surface area (Å²) in [6, 6.07) is 17.1. The maximum absolute atomic E-state index is 13.6. The molecular formula is C23H23ClN6O2. The Morgan fingerprint density at radius 2 is 1.69 bits per heavy atom. The Labute approximate surface area is 189 Å². The van der Waals surface area contributed by atoms with Gasteiger partial charge in [-0.15, -0.1) is 0 Å². The van der Waals surface area contributed by atoms with E-state index >= 15 is 0 Å².